The van der Waals surface area contributed by atoms with Gasteiger partial charge in [0, 0.05) is 52.4 Å². The lowest BCUT2D eigenvalue weighted by Crippen LogP contribution is -2.41. The predicted octanol–water partition coefficient (Wildman–Crippen LogP) is 5.84. The molecule has 0 radical (unpaired) electrons. The van der Waals surface area contributed by atoms with Crippen LogP contribution in [0.5, 0.6) is 0 Å². The van der Waals surface area contributed by atoms with Crippen molar-refractivity contribution < 1.29 is 19.1 Å². The number of amides is 2. The smallest absolute Gasteiger partial charge is 0.407 e. The molecule has 4 aromatic carbocycles. The molecule has 0 aliphatic carbocycles. The molecule has 0 spiro atoms. The van der Waals surface area contributed by atoms with E-state index < -0.39 is 12.2 Å². The number of benzene rings is 4. The summed E-state index contributed by atoms with van der Waals surface area (Å²) in [6, 6.07) is 39.9. The van der Waals surface area contributed by atoms with Crippen molar-refractivity contribution >= 4 is 12.2 Å². The molecule has 2 amide bonds. The van der Waals surface area contributed by atoms with Crippen LogP contribution in [0.3, 0.4) is 0 Å². The monoisotopic (exact) mass is 594 g/mol. The highest BCUT2D eigenvalue weighted by molar-refractivity contribution is 5.67. The molecular formula is C36H42N4O4. The van der Waals surface area contributed by atoms with Crippen LogP contribution in [0.25, 0.3) is 0 Å². The summed E-state index contributed by atoms with van der Waals surface area (Å²) in [6.07, 6.45) is -0.853. The second-order valence-electron chi connectivity index (χ2n) is 10.5. The van der Waals surface area contributed by atoms with Crippen LogP contribution in [0.4, 0.5) is 9.59 Å². The Labute approximate surface area is 260 Å². The fourth-order valence-corrected chi connectivity index (χ4v) is 4.69. The van der Waals surface area contributed by atoms with Crippen molar-refractivity contribution in [3.63, 3.8) is 0 Å². The fourth-order valence-electron chi connectivity index (χ4n) is 4.69. The summed E-state index contributed by atoms with van der Waals surface area (Å²) in [5, 5.41) is 5.78. The van der Waals surface area contributed by atoms with Gasteiger partial charge < -0.3 is 20.1 Å². The molecule has 8 heteroatoms. The van der Waals surface area contributed by atoms with E-state index in [9.17, 15) is 9.59 Å². The highest BCUT2D eigenvalue weighted by Crippen LogP contribution is 2.08. The van der Waals surface area contributed by atoms with E-state index in [1.54, 1.807) is 0 Å². The zero-order valence-corrected chi connectivity index (χ0v) is 25.1. The van der Waals surface area contributed by atoms with E-state index in [2.05, 4.69) is 44.7 Å². The maximum Gasteiger partial charge on any atom is 0.407 e. The number of alkyl carbamates (subject to hydrolysis) is 2. The first-order chi connectivity index (χ1) is 21.6. The van der Waals surface area contributed by atoms with Crippen LogP contribution >= 0.6 is 0 Å². The number of nitrogens with one attached hydrogen (secondary N) is 2. The van der Waals surface area contributed by atoms with Crippen molar-refractivity contribution in [3.05, 3.63) is 144 Å². The molecule has 0 saturated carbocycles. The summed E-state index contributed by atoms with van der Waals surface area (Å²) in [7, 11) is 0. The molecule has 0 bridgehead atoms. The van der Waals surface area contributed by atoms with Gasteiger partial charge in [0.15, 0.2) is 0 Å². The number of rotatable bonds is 17. The number of hydrogen-bond acceptors (Lipinski definition) is 6. The summed E-state index contributed by atoms with van der Waals surface area (Å²) < 4.78 is 10.8. The Morgan fingerprint density at radius 1 is 0.455 bits per heavy atom. The summed E-state index contributed by atoms with van der Waals surface area (Å²) >= 11 is 0. The molecule has 44 heavy (non-hydrogen) atoms. The second-order valence-corrected chi connectivity index (χ2v) is 10.5. The summed E-state index contributed by atoms with van der Waals surface area (Å²) in [5.41, 5.74) is 4.31. The minimum atomic E-state index is -0.426. The SMILES string of the molecule is O=C(NCCN(CCN(CCNC(=O)OCc1ccccc1)Cc1ccccc1)Cc1ccccc1)OCc1ccccc1. The minimum Gasteiger partial charge on any atom is -0.445 e. The molecule has 0 fully saturated rings. The molecule has 4 aromatic rings. The fraction of sp³-hybridized carbons (Fsp3) is 0.278. The van der Waals surface area contributed by atoms with Gasteiger partial charge in [-0.1, -0.05) is 121 Å². The zero-order valence-electron chi connectivity index (χ0n) is 25.1. The van der Waals surface area contributed by atoms with Gasteiger partial charge >= 0.3 is 12.2 Å². The molecule has 0 aliphatic rings. The van der Waals surface area contributed by atoms with Crippen molar-refractivity contribution in [3.8, 4) is 0 Å². The Bertz CT molecular complexity index is 1250. The maximum atomic E-state index is 12.3. The molecular weight excluding hydrogens is 552 g/mol. The van der Waals surface area contributed by atoms with E-state index in [1.165, 1.54) is 11.1 Å². The summed E-state index contributed by atoms with van der Waals surface area (Å²) in [5.74, 6) is 0. The highest BCUT2D eigenvalue weighted by atomic mass is 16.6. The first-order valence-corrected chi connectivity index (χ1v) is 15.1. The Morgan fingerprint density at radius 2 is 0.773 bits per heavy atom. The third kappa shape index (κ3) is 12.7. The molecule has 0 aliphatic heterocycles. The van der Waals surface area contributed by atoms with Gasteiger partial charge in [0.05, 0.1) is 0 Å². The van der Waals surface area contributed by atoms with Gasteiger partial charge in [-0.05, 0) is 22.3 Å². The van der Waals surface area contributed by atoms with Crippen LogP contribution < -0.4 is 10.6 Å². The molecule has 0 heterocycles. The van der Waals surface area contributed by atoms with E-state index in [0.29, 0.717) is 26.2 Å². The molecule has 0 atom stereocenters. The number of carbonyl (C=O) groups excluding carboxylic acids is 2. The van der Waals surface area contributed by atoms with Gasteiger partial charge in [0.2, 0.25) is 0 Å². The normalized spacial score (nSPS) is 10.9. The lowest BCUT2D eigenvalue weighted by Gasteiger charge is -2.28. The summed E-state index contributed by atoms with van der Waals surface area (Å²) in [4.78, 5) is 29.3. The van der Waals surface area contributed by atoms with Crippen LogP contribution in [-0.2, 0) is 35.8 Å². The third-order valence-corrected chi connectivity index (χ3v) is 7.05. The van der Waals surface area contributed by atoms with Gasteiger partial charge in [-0.2, -0.15) is 0 Å². The number of hydrogen-bond donors (Lipinski definition) is 2. The van der Waals surface area contributed by atoms with Gasteiger partial charge in [0.1, 0.15) is 13.2 Å². The minimum absolute atomic E-state index is 0.239. The topological polar surface area (TPSA) is 83.1 Å². The van der Waals surface area contributed by atoms with Crippen LogP contribution in [0, 0.1) is 0 Å². The van der Waals surface area contributed by atoms with Crippen LogP contribution in [0.1, 0.15) is 22.3 Å². The van der Waals surface area contributed by atoms with Gasteiger partial charge in [0.25, 0.3) is 0 Å². The van der Waals surface area contributed by atoms with Gasteiger partial charge in [-0.15, -0.1) is 0 Å². The van der Waals surface area contributed by atoms with Crippen LogP contribution in [0.2, 0.25) is 0 Å². The van der Waals surface area contributed by atoms with E-state index in [0.717, 1.165) is 37.3 Å². The lowest BCUT2D eigenvalue weighted by molar-refractivity contribution is 0.134. The Balaban J connectivity index is 1.28. The van der Waals surface area contributed by atoms with E-state index in [-0.39, 0.29) is 13.2 Å². The Morgan fingerprint density at radius 3 is 1.11 bits per heavy atom. The number of ether oxygens (including phenoxy) is 2. The standard InChI is InChI=1S/C36H42N4O4/c41-35(43-29-33-17-9-3-10-18-33)37-21-23-39(27-31-13-5-1-6-14-31)25-26-40(28-32-15-7-2-8-16-32)24-22-38-36(42)44-30-34-19-11-4-12-20-34/h1-20H,21-30H2,(H,37,41)(H,38,42). The predicted molar refractivity (Wildman–Crippen MR) is 173 cm³/mol. The quantitative estimate of drug-likeness (QED) is 0.160. The van der Waals surface area contributed by atoms with Gasteiger partial charge in [-0.25, -0.2) is 9.59 Å². The summed E-state index contributed by atoms with van der Waals surface area (Å²) in [6.45, 7) is 5.81. The molecule has 8 nitrogen and oxygen atoms in total. The highest BCUT2D eigenvalue weighted by Gasteiger charge is 2.13. The van der Waals surface area contributed by atoms with Crippen molar-refractivity contribution in [1.82, 2.24) is 20.4 Å². The van der Waals surface area contributed by atoms with Crippen LogP contribution in [0.15, 0.2) is 121 Å². The number of carbonyl (C=O) groups is 2. The molecule has 0 unspecified atom stereocenters. The Hall–Kier alpha value is -4.66. The van der Waals surface area contributed by atoms with Crippen molar-refractivity contribution in [2.24, 2.45) is 0 Å². The molecule has 0 aromatic heterocycles. The van der Waals surface area contributed by atoms with Crippen molar-refractivity contribution in [1.29, 1.82) is 0 Å². The Kier molecular flexibility index (Phi) is 13.8. The maximum absolute atomic E-state index is 12.3. The lowest BCUT2D eigenvalue weighted by atomic mass is 10.2. The third-order valence-electron chi connectivity index (χ3n) is 7.05. The number of nitrogens with zero attached hydrogens (tertiary/aromatic N) is 2. The first-order valence-electron chi connectivity index (χ1n) is 15.1. The molecule has 0 saturated heterocycles. The average molecular weight is 595 g/mol. The van der Waals surface area contributed by atoms with E-state index in [4.69, 9.17) is 9.47 Å². The largest absolute Gasteiger partial charge is 0.445 e. The van der Waals surface area contributed by atoms with Crippen molar-refractivity contribution in [2.75, 3.05) is 39.3 Å². The zero-order chi connectivity index (χ0) is 30.7. The van der Waals surface area contributed by atoms with Crippen molar-refractivity contribution in [2.45, 2.75) is 26.3 Å². The van der Waals surface area contributed by atoms with Crippen LogP contribution in [-0.4, -0.2) is 61.3 Å². The second kappa shape index (κ2) is 18.8. The molecule has 2 N–H and O–H groups in total. The first kappa shape index (κ1) is 32.3. The van der Waals surface area contributed by atoms with E-state index in [1.807, 2.05) is 97.1 Å². The molecule has 230 valence electrons. The average Bonchev–Trinajstić information content (AvgIpc) is 3.07. The molecule has 4 rings (SSSR count). The van der Waals surface area contributed by atoms with E-state index >= 15 is 0 Å². The van der Waals surface area contributed by atoms with Gasteiger partial charge in [-0.3, -0.25) is 9.80 Å².